The van der Waals surface area contributed by atoms with Gasteiger partial charge in [0, 0.05) is 33.9 Å². The molecule has 23 heavy (non-hydrogen) atoms. The quantitative estimate of drug-likeness (QED) is 0.207. The molecule has 0 radical (unpaired) electrons. The summed E-state index contributed by atoms with van der Waals surface area (Å²) in [5.74, 6) is 4.06. The maximum absolute atomic E-state index is 5.34. The van der Waals surface area contributed by atoms with Crippen LogP contribution in [0, 0.1) is 12.3 Å². The lowest BCUT2D eigenvalue weighted by atomic mass is 10.1. The topological polar surface area (TPSA) is 54.9 Å². The van der Waals surface area contributed by atoms with Crippen molar-refractivity contribution in [2.24, 2.45) is 4.99 Å². The normalized spacial score (nSPS) is 10.4. The zero-order chi connectivity index (χ0) is 16.0. The molecule has 0 spiro atoms. The van der Waals surface area contributed by atoms with Crippen LogP contribution in [-0.4, -0.2) is 46.4 Å². The first-order valence-corrected chi connectivity index (χ1v) is 7.38. The number of halogens is 1. The van der Waals surface area contributed by atoms with E-state index in [-0.39, 0.29) is 24.0 Å². The number of rotatable bonds is 9. The largest absolute Gasteiger partial charge is 0.481 e. The lowest BCUT2D eigenvalue weighted by molar-refractivity contribution is 0.195. The molecule has 2 N–H and O–H groups in total. The van der Waals surface area contributed by atoms with Crippen molar-refractivity contribution in [1.29, 1.82) is 0 Å². The van der Waals surface area contributed by atoms with Gasteiger partial charge in [0.05, 0.1) is 0 Å². The highest BCUT2D eigenvalue weighted by atomic mass is 127. The summed E-state index contributed by atoms with van der Waals surface area (Å²) in [5, 5.41) is 6.53. The second-order valence-electron chi connectivity index (χ2n) is 4.66. The minimum absolute atomic E-state index is 0. The smallest absolute Gasteiger partial charge is 0.190 e. The average Bonchev–Trinajstić information content (AvgIpc) is 2.56. The molecule has 0 saturated carbocycles. The van der Waals surface area contributed by atoms with Crippen LogP contribution < -0.4 is 15.4 Å². The molecule has 0 unspecified atom stereocenters. The van der Waals surface area contributed by atoms with Gasteiger partial charge in [0.25, 0.3) is 0 Å². The van der Waals surface area contributed by atoms with E-state index in [1.165, 1.54) is 5.56 Å². The first kappa shape index (κ1) is 21.5. The number of hydrogen-bond acceptors (Lipinski definition) is 3. The summed E-state index contributed by atoms with van der Waals surface area (Å²) >= 11 is 0. The van der Waals surface area contributed by atoms with Gasteiger partial charge >= 0.3 is 0 Å². The van der Waals surface area contributed by atoms with Gasteiger partial charge in [-0.1, -0.05) is 18.1 Å². The zero-order valence-corrected chi connectivity index (χ0v) is 16.1. The Labute approximate surface area is 156 Å². The molecular formula is C17H26IN3O2. The van der Waals surface area contributed by atoms with Crippen molar-refractivity contribution in [3.8, 4) is 18.1 Å². The molecule has 0 bridgehead atoms. The van der Waals surface area contributed by atoms with Crippen LogP contribution in [-0.2, 0) is 11.2 Å². The number of hydrogen-bond donors (Lipinski definition) is 2. The fourth-order valence-corrected chi connectivity index (χ4v) is 1.85. The van der Waals surface area contributed by atoms with Crippen LogP contribution in [0.25, 0.3) is 0 Å². The number of terminal acetylenes is 1. The van der Waals surface area contributed by atoms with Crippen molar-refractivity contribution in [1.82, 2.24) is 10.6 Å². The fourth-order valence-electron chi connectivity index (χ4n) is 1.85. The molecule has 0 atom stereocenters. The van der Waals surface area contributed by atoms with Gasteiger partial charge in [-0.15, -0.1) is 30.4 Å². The van der Waals surface area contributed by atoms with E-state index in [4.69, 9.17) is 15.9 Å². The summed E-state index contributed by atoms with van der Waals surface area (Å²) < 4.78 is 10.4. The van der Waals surface area contributed by atoms with Gasteiger partial charge in [-0.25, -0.2) is 0 Å². The SMILES string of the molecule is C#CCOc1ccc(CCNC(=NC)NCCCOC)cc1.I. The second-order valence-corrected chi connectivity index (χ2v) is 4.66. The minimum atomic E-state index is 0. The molecule has 0 fully saturated rings. The summed E-state index contributed by atoms with van der Waals surface area (Å²) in [4.78, 5) is 4.18. The molecule has 6 heteroatoms. The standard InChI is InChI=1S/C17H25N3O2.HI/c1-4-13-22-16-8-6-15(7-9-16)10-12-20-17(18-2)19-11-5-14-21-3;/h1,6-9H,5,10-14H2,2-3H3,(H2,18,19,20);1H. The van der Waals surface area contributed by atoms with E-state index in [1.807, 2.05) is 24.3 Å². The number of aliphatic imine (C=N–C) groups is 1. The lowest BCUT2D eigenvalue weighted by Gasteiger charge is -2.11. The van der Waals surface area contributed by atoms with Crippen molar-refractivity contribution in [3.05, 3.63) is 29.8 Å². The van der Waals surface area contributed by atoms with Crippen molar-refractivity contribution >= 4 is 29.9 Å². The van der Waals surface area contributed by atoms with Gasteiger partial charge in [-0.2, -0.15) is 0 Å². The van der Waals surface area contributed by atoms with E-state index in [1.54, 1.807) is 14.2 Å². The number of methoxy groups -OCH3 is 1. The van der Waals surface area contributed by atoms with Crippen molar-refractivity contribution in [3.63, 3.8) is 0 Å². The van der Waals surface area contributed by atoms with Gasteiger partial charge < -0.3 is 20.1 Å². The Morgan fingerprint density at radius 2 is 1.91 bits per heavy atom. The van der Waals surface area contributed by atoms with Crippen LogP contribution in [0.1, 0.15) is 12.0 Å². The van der Waals surface area contributed by atoms with Crippen LogP contribution >= 0.6 is 24.0 Å². The predicted molar refractivity (Wildman–Crippen MR) is 106 cm³/mol. The number of guanidine groups is 1. The summed E-state index contributed by atoms with van der Waals surface area (Å²) in [6.45, 7) is 2.70. The number of ether oxygens (including phenoxy) is 2. The highest BCUT2D eigenvalue weighted by Gasteiger charge is 1.98. The Bertz CT molecular complexity index is 484. The molecule has 1 aromatic rings. The lowest BCUT2D eigenvalue weighted by Crippen LogP contribution is -2.38. The summed E-state index contributed by atoms with van der Waals surface area (Å²) in [6, 6.07) is 7.96. The van der Waals surface area contributed by atoms with Crippen LogP contribution in [0.15, 0.2) is 29.3 Å². The molecular weight excluding hydrogens is 405 g/mol. The Balaban J connectivity index is 0.00000484. The van der Waals surface area contributed by atoms with Gasteiger partial charge in [0.2, 0.25) is 0 Å². The van der Waals surface area contributed by atoms with E-state index in [2.05, 4.69) is 21.5 Å². The van der Waals surface area contributed by atoms with Crippen molar-refractivity contribution in [2.45, 2.75) is 12.8 Å². The highest BCUT2D eigenvalue weighted by Crippen LogP contribution is 2.12. The van der Waals surface area contributed by atoms with E-state index >= 15 is 0 Å². The fraction of sp³-hybridized carbons (Fsp3) is 0.471. The molecule has 0 aliphatic carbocycles. The number of benzene rings is 1. The molecule has 1 aromatic carbocycles. The number of nitrogens with zero attached hydrogens (tertiary/aromatic N) is 1. The molecule has 5 nitrogen and oxygen atoms in total. The zero-order valence-electron chi connectivity index (χ0n) is 13.8. The molecule has 128 valence electrons. The summed E-state index contributed by atoms with van der Waals surface area (Å²) in [7, 11) is 3.47. The van der Waals surface area contributed by atoms with Crippen molar-refractivity contribution < 1.29 is 9.47 Å². The molecule has 0 heterocycles. The maximum Gasteiger partial charge on any atom is 0.190 e. The van der Waals surface area contributed by atoms with E-state index < -0.39 is 0 Å². The number of nitrogens with one attached hydrogen (secondary N) is 2. The third kappa shape index (κ3) is 10.0. The van der Waals surface area contributed by atoms with Crippen LogP contribution in [0.5, 0.6) is 5.75 Å². The molecule has 1 rings (SSSR count). The molecule has 0 aromatic heterocycles. The first-order valence-electron chi connectivity index (χ1n) is 7.38. The third-order valence-electron chi connectivity index (χ3n) is 2.99. The first-order chi connectivity index (χ1) is 10.8. The molecule has 0 aliphatic heterocycles. The van der Waals surface area contributed by atoms with Gasteiger partial charge in [0.15, 0.2) is 5.96 Å². The molecule has 0 saturated heterocycles. The third-order valence-corrected chi connectivity index (χ3v) is 2.99. The molecule has 0 amide bonds. The summed E-state index contributed by atoms with van der Waals surface area (Å²) in [5.41, 5.74) is 1.23. The van der Waals surface area contributed by atoms with Crippen LogP contribution in [0.3, 0.4) is 0 Å². The predicted octanol–water partition coefficient (Wildman–Crippen LogP) is 2.06. The molecule has 0 aliphatic rings. The summed E-state index contributed by atoms with van der Waals surface area (Å²) in [6.07, 6.45) is 7.02. The maximum atomic E-state index is 5.34. The van der Waals surface area contributed by atoms with Gasteiger partial charge in [-0.3, -0.25) is 4.99 Å². The second kappa shape index (κ2) is 14.2. The van der Waals surface area contributed by atoms with Gasteiger partial charge in [0.1, 0.15) is 12.4 Å². The van der Waals surface area contributed by atoms with E-state index in [9.17, 15) is 0 Å². The monoisotopic (exact) mass is 431 g/mol. The Morgan fingerprint density at radius 1 is 1.22 bits per heavy atom. The van der Waals surface area contributed by atoms with E-state index in [0.717, 1.165) is 44.2 Å². The Morgan fingerprint density at radius 3 is 2.52 bits per heavy atom. The van der Waals surface area contributed by atoms with Crippen LogP contribution in [0.2, 0.25) is 0 Å². The van der Waals surface area contributed by atoms with Crippen LogP contribution in [0.4, 0.5) is 0 Å². The highest BCUT2D eigenvalue weighted by molar-refractivity contribution is 14.0. The van der Waals surface area contributed by atoms with Crippen molar-refractivity contribution in [2.75, 3.05) is 40.5 Å². The Kier molecular flexibility index (Phi) is 13.3. The average molecular weight is 431 g/mol. The Hall–Kier alpha value is -1.46. The minimum Gasteiger partial charge on any atom is -0.481 e. The van der Waals surface area contributed by atoms with Gasteiger partial charge in [-0.05, 0) is 30.5 Å². The van der Waals surface area contributed by atoms with E-state index in [0.29, 0.717) is 6.61 Å².